The minimum atomic E-state index is -0.866. The van der Waals surface area contributed by atoms with E-state index in [1.807, 2.05) is 55.8 Å². The van der Waals surface area contributed by atoms with E-state index < -0.39 is 11.4 Å². The number of Topliss-reactive ketones (excluding diaryl/α,β-unsaturated/α-hetero) is 1. The largest absolute Gasteiger partial charge is 0.462 e. The Morgan fingerprint density at radius 3 is 2.43 bits per heavy atom. The smallest absolute Gasteiger partial charge is 0.313 e. The summed E-state index contributed by atoms with van der Waals surface area (Å²) in [6.07, 6.45) is 17.1. The summed E-state index contributed by atoms with van der Waals surface area (Å²) in [4.78, 5) is 60.0. The second kappa shape index (κ2) is 17.7. The van der Waals surface area contributed by atoms with Gasteiger partial charge >= 0.3 is 11.9 Å². The van der Waals surface area contributed by atoms with Gasteiger partial charge in [0.25, 0.3) is 0 Å². The zero-order valence-corrected chi connectivity index (χ0v) is 26.9. The first kappa shape index (κ1) is 34.9. The van der Waals surface area contributed by atoms with Crippen LogP contribution in [0.3, 0.4) is 0 Å². The fraction of sp³-hybridized carbons (Fsp3) is 0.647. The molecule has 0 spiro atoms. The molecule has 0 aliphatic carbocycles. The van der Waals surface area contributed by atoms with Gasteiger partial charge in [-0.3, -0.25) is 24.2 Å². The number of carbonyl (C=O) groups is 4. The summed E-state index contributed by atoms with van der Waals surface area (Å²) in [7, 11) is 0. The lowest BCUT2D eigenvalue weighted by Gasteiger charge is -2.36. The lowest BCUT2D eigenvalue weighted by Crippen LogP contribution is -2.43. The molecule has 2 aromatic rings. The van der Waals surface area contributed by atoms with Gasteiger partial charge in [-0.2, -0.15) is 0 Å². The molecule has 4 atom stereocenters. The van der Waals surface area contributed by atoms with Gasteiger partial charge < -0.3 is 18.9 Å². The van der Waals surface area contributed by atoms with Gasteiger partial charge in [0.2, 0.25) is 5.91 Å². The first-order valence-electron chi connectivity index (χ1n) is 16.1. The minimum absolute atomic E-state index is 0.0913. The Morgan fingerprint density at radius 2 is 1.75 bits per heavy atom. The molecule has 44 heavy (non-hydrogen) atoms. The van der Waals surface area contributed by atoms with Crippen LogP contribution in [0, 0.1) is 5.41 Å². The molecule has 2 aromatic heterocycles. The zero-order valence-electron chi connectivity index (χ0n) is 26.9. The maximum atomic E-state index is 13.7. The lowest BCUT2D eigenvalue weighted by atomic mass is 9.75. The number of esters is 2. The highest BCUT2D eigenvalue weighted by Crippen LogP contribution is 2.38. The summed E-state index contributed by atoms with van der Waals surface area (Å²) >= 11 is 0. The molecule has 0 bridgehead atoms. The Hall–Kier alpha value is -3.56. The van der Waals surface area contributed by atoms with Gasteiger partial charge in [0.05, 0.1) is 11.7 Å². The highest BCUT2D eigenvalue weighted by molar-refractivity contribution is 5.94. The molecule has 10 nitrogen and oxygen atoms in total. The van der Waals surface area contributed by atoms with Crippen LogP contribution in [0.15, 0.2) is 43.2 Å². The van der Waals surface area contributed by atoms with Crippen LogP contribution in [0.1, 0.15) is 116 Å². The normalized spacial score (nSPS) is 17.2. The van der Waals surface area contributed by atoms with Crippen molar-refractivity contribution in [1.82, 2.24) is 19.4 Å². The van der Waals surface area contributed by atoms with Gasteiger partial charge in [0.15, 0.2) is 0 Å². The summed E-state index contributed by atoms with van der Waals surface area (Å²) in [5, 5.41) is 0. The maximum absolute atomic E-state index is 13.7. The van der Waals surface area contributed by atoms with Crippen LogP contribution in [0.4, 0.5) is 0 Å². The predicted molar refractivity (Wildman–Crippen MR) is 167 cm³/mol. The van der Waals surface area contributed by atoms with Crippen molar-refractivity contribution in [2.75, 3.05) is 19.8 Å². The molecular formula is C34H50N4O6. The zero-order chi connectivity index (χ0) is 32.0. The molecule has 4 unspecified atom stereocenters. The number of hydrogen-bond donors (Lipinski definition) is 0. The number of ether oxygens (including phenoxy) is 2. The average Bonchev–Trinajstić information content (AvgIpc) is 3.44. The summed E-state index contributed by atoms with van der Waals surface area (Å²) in [5.41, 5.74) is 0.319. The fourth-order valence-corrected chi connectivity index (χ4v) is 6.29. The van der Waals surface area contributed by atoms with Crippen molar-refractivity contribution in [3.63, 3.8) is 0 Å². The Labute approximate surface area is 261 Å². The van der Waals surface area contributed by atoms with Crippen LogP contribution in [0.2, 0.25) is 0 Å². The Balaban J connectivity index is 1.74. The number of hydrogen-bond acceptors (Lipinski definition) is 8. The van der Waals surface area contributed by atoms with Crippen molar-refractivity contribution in [3.05, 3.63) is 48.8 Å². The minimum Gasteiger partial charge on any atom is -0.462 e. The molecule has 1 aliphatic heterocycles. The maximum Gasteiger partial charge on any atom is 0.313 e. The van der Waals surface area contributed by atoms with E-state index in [2.05, 4.69) is 21.5 Å². The summed E-state index contributed by atoms with van der Waals surface area (Å²) < 4.78 is 12.9. The molecule has 10 heteroatoms. The Kier molecular flexibility index (Phi) is 14.0. The predicted octanol–water partition coefficient (Wildman–Crippen LogP) is 5.83. The van der Waals surface area contributed by atoms with Crippen molar-refractivity contribution in [1.29, 1.82) is 0 Å². The number of ketones is 1. The number of imidazole rings is 1. The van der Waals surface area contributed by atoms with Crippen molar-refractivity contribution in [2.45, 2.75) is 116 Å². The van der Waals surface area contributed by atoms with Crippen LogP contribution in [-0.2, 0) is 28.7 Å². The van der Waals surface area contributed by atoms with E-state index in [1.54, 1.807) is 6.20 Å². The standard InChI is InChI=1S/C34H50N4O6/c1-5-30(37-20-18-36-25-37)11-10-28(29-13-16-35-17-14-29)12-15-34(4,24-26(2)38-19-8-6-7-9-31(38)40)33(42)44-22-21-43-32(41)23-27(3)39/h13-14,16-18,20,25-26,28,30H,5-12,15,19,21-24H2,1-4H3. The van der Waals surface area contributed by atoms with Crippen molar-refractivity contribution >= 4 is 23.6 Å². The van der Waals surface area contributed by atoms with Crippen LogP contribution in [-0.4, -0.2) is 68.9 Å². The van der Waals surface area contributed by atoms with Crippen LogP contribution < -0.4 is 0 Å². The number of nitrogens with zero attached hydrogens (tertiary/aromatic N) is 4. The second-order valence-corrected chi connectivity index (χ2v) is 12.4. The highest BCUT2D eigenvalue weighted by Gasteiger charge is 2.39. The summed E-state index contributed by atoms with van der Waals surface area (Å²) in [5.74, 6) is -0.942. The molecule has 1 amide bonds. The third-order valence-electron chi connectivity index (χ3n) is 8.84. The van der Waals surface area contributed by atoms with Gasteiger partial charge in [0.1, 0.15) is 25.4 Å². The number of amides is 1. The molecule has 1 aliphatic rings. The molecule has 0 radical (unpaired) electrons. The Bertz CT molecular complexity index is 1190. The topological polar surface area (TPSA) is 121 Å². The van der Waals surface area contributed by atoms with Crippen molar-refractivity contribution < 1.29 is 28.7 Å². The first-order valence-corrected chi connectivity index (χ1v) is 16.1. The molecule has 0 N–H and O–H groups in total. The lowest BCUT2D eigenvalue weighted by molar-refractivity contribution is -0.162. The van der Waals surface area contributed by atoms with E-state index in [1.165, 1.54) is 12.5 Å². The number of likely N-dealkylation sites (tertiary alicyclic amines) is 1. The number of pyridine rings is 1. The van der Waals surface area contributed by atoms with E-state index in [9.17, 15) is 19.2 Å². The number of aromatic nitrogens is 3. The highest BCUT2D eigenvalue weighted by atomic mass is 16.6. The third-order valence-corrected chi connectivity index (χ3v) is 8.84. The van der Waals surface area contributed by atoms with Gasteiger partial charge in [0, 0.05) is 49.8 Å². The number of carbonyl (C=O) groups excluding carboxylic acids is 4. The molecule has 1 saturated heterocycles. The fourth-order valence-electron chi connectivity index (χ4n) is 6.29. The molecule has 0 aromatic carbocycles. The number of rotatable bonds is 18. The van der Waals surface area contributed by atoms with Crippen molar-refractivity contribution in [2.24, 2.45) is 5.41 Å². The van der Waals surface area contributed by atoms with Crippen LogP contribution in [0.25, 0.3) is 0 Å². The second-order valence-electron chi connectivity index (χ2n) is 12.4. The third kappa shape index (κ3) is 10.9. The Morgan fingerprint density at radius 1 is 1.00 bits per heavy atom. The SMILES string of the molecule is CCC(CCC(CCC(C)(CC(C)N1CCCCCC1=O)C(=O)OCCOC(=O)CC(C)=O)c1ccncc1)n1ccnc1. The molecule has 0 saturated carbocycles. The van der Waals surface area contributed by atoms with Crippen LogP contribution >= 0.6 is 0 Å². The van der Waals surface area contributed by atoms with Gasteiger partial charge in [-0.25, -0.2) is 4.98 Å². The van der Waals surface area contributed by atoms with E-state index >= 15 is 0 Å². The van der Waals surface area contributed by atoms with E-state index in [4.69, 9.17) is 9.47 Å². The van der Waals surface area contributed by atoms with E-state index in [0.717, 1.165) is 44.9 Å². The van der Waals surface area contributed by atoms with Gasteiger partial charge in [-0.1, -0.05) is 13.3 Å². The molecule has 1 fully saturated rings. The van der Waals surface area contributed by atoms with Gasteiger partial charge in [-0.05, 0) is 95.8 Å². The monoisotopic (exact) mass is 610 g/mol. The molecule has 242 valence electrons. The van der Waals surface area contributed by atoms with E-state index in [-0.39, 0.29) is 49.3 Å². The molecular weight excluding hydrogens is 560 g/mol. The quantitative estimate of drug-likeness (QED) is 0.118. The molecule has 3 rings (SSSR count). The van der Waals surface area contributed by atoms with Gasteiger partial charge in [-0.15, -0.1) is 0 Å². The van der Waals surface area contributed by atoms with Crippen molar-refractivity contribution in [3.8, 4) is 0 Å². The van der Waals surface area contributed by atoms with E-state index in [0.29, 0.717) is 31.8 Å². The summed E-state index contributed by atoms with van der Waals surface area (Å²) in [6, 6.07) is 4.30. The average molecular weight is 611 g/mol. The summed E-state index contributed by atoms with van der Waals surface area (Å²) in [6.45, 7) is 7.95. The van der Waals surface area contributed by atoms with Crippen LogP contribution in [0.5, 0.6) is 0 Å². The first-order chi connectivity index (χ1) is 21.1. The molecule has 3 heterocycles.